The first-order valence-electron chi connectivity index (χ1n) is 8.13. The van der Waals surface area contributed by atoms with E-state index in [9.17, 15) is 0 Å². The van der Waals surface area contributed by atoms with E-state index in [2.05, 4.69) is 38.3 Å². The molecule has 0 saturated heterocycles. The van der Waals surface area contributed by atoms with Gasteiger partial charge in [0.25, 0.3) is 0 Å². The zero-order valence-corrected chi connectivity index (χ0v) is 14.9. The summed E-state index contributed by atoms with van der Waals surface area (Å²) in [5.41, 5.74) is 0. The van der Waals surface area contributed by atoms with Gasteiger partial charge in [0.15, 0.2) is 0 Å². The number of hydrogen-bond acceptors (Lipinski definition) is 1. The van der Waals surface area contributed by atoms with Gasteiger partial charge in [-0.15, -0.1) is 11.3 Å². The van der Waals surface area contributed by atoms with Gasteiger partial charge in [-0.3, -0.25) is 0 Å². The molecule has 0 N–H and O–H groups in total. The summed E-state index contributed by atoms with van der Waals surface area (Å²) in [7, 11) is -0.724. The van der Waals surface area contributed by atoms with Crippen molar-refractivity contribution < 1.29 is 0 Å². The van der Waals surface area contributed by atoms with Gasteiger partial charge in [-0.2, -0.15) is 0 Å². The van der Waals surface area contributed by atoms with E-state index in [0.717, 1.165) is 0 Å². The highest BCUT2D eigenvalue weighted by atomic mass is 32.1. The molecule has 19 heavy (non-hydrogen) atoms. The summed E-state index contributed by atoms with van der Waals surface area (Å²) in [6.45, 7) is 7.04. The Kier molecular flexibility index (Phi) is 8.99. The molecule has 0 fully saturated rings. The predicted octanol–water partition coefficient (Wildman–Crippen LogP) is 6.67. The van der Waals surface area contributed by atoms with Crippen LogP contribution in [-0.2, 0) is 6.16 Å². The molecule has 0 aliphatic heterocycles. The highest BCUT2D eigenvalue weighted by molar-refractivity contribution is 7.75. The average Bonchev–Trinajstić information content (AvgIpc) is 2.93. The lowest BCUT2D eigenvalue weighted by atomic mass is 10.4. The third-order valence-corrected chi connectivity index (χ3v) is 9.93. The van der Waals surface area contributed by atoms with Crippen LogP contribution in [0.15, 0.2) is 17.5 Å². The molecule has 0 radical (unpaired) electrons. The maximum Gasteiger partial charge on any atom is 0.0934 e. The van der Waals surface area contributed by atoms with Crippen molar-refractivity contribution in [1.82, 2.24) is 0 Å². The van der Waals surface area contributed by atoms with Gasteiger partial charge in [-0.1, -0.05) is 46.1 Å². The number of thiophene rings is 1. The van der Waals surface area contributed by atoms with Gasteiger partial charge in [-0.05, 0) is 30.7 Å². The van der Waals surface area contributed by atoms with Crippen LogP contribution in [0.2, 0.25) is 0 Å². The molecule has 1 aromatic rings. The molecule has 0 aliphatic carbocycles. The fourth-order valence-electron chi connectivity index (χ4n) is 2.79. The molecule has 0 unspecified atom stereocenters. The topological polar surface area (TPSA) is 0 Å². The number of unbranched alkanes of at least 4 members (excludes halogenated alkanes) is 3. The van der Waals surface area contributed by atoms with E-state index in [1.54, 1.807) is 23.4 Å². The van der Waals surface area contributed by atoms with Crippen LogP contribution in [0.5, 0.6) is 0 Å². The zero-order valence-electron chi connectivity index (χ0n) is 13.2. The van der Waals surface area contributed by atoms with E-state index < -0.39 is 7.26 Å². The van der Waals surface area contributed by atoms with E-state index in [-0.39, 0.29) is 0 Å². The Morgan fingerprint density at radius 1 is 0.895 bits per heavy atom. The molecule has 0 atom stereocenters. The minimum Gasteiger partial charge on any atom is -0.145 e. The van der Waals surface area contributed by atoms with Crippen LogP contribution < -0.4 is 0 Å². The molecule has 0 aromatic carbocycles. The first-order valence-corrected chi connectivity index (χ1v) is 11.5. The second-order valence-corrected chi connectivity index (χ2v) is 11.2. The summed E-state index contributed by atoms with van der Waals surface area (Å²) >= 11 is 1.98. The highest BCUT2D eigenvalue weighted by Crippen LogP contribution is 2.63. The van der Waals surface area contributed by atoms with Crippen LogP contribution in [0.3, 0.4) is 0 Å². The predicted molar refractivity (Wildman–Crippen MR) is 94.3 cm³/mol. The molecule has 110 valence electrons. The molecule has 1 heterocycles. The lowest BCUT2D eigenvalue weighted by molar-refractivity contribution is 0.832. The average molecular weight is 299 g/mol. The Bertz CT molecular complexity index is 283. The molecule has 0 amide bonds. The fourth-order valence-corrected chi connectivity index (χ4v) is 9.27. The van der Waals surface area contributed by atoms with E-state index in [1.807, 2.05) is 11.3 Å². The van der Waals surface area contributed by atoms with Crippen LogP contribution in [0.4, 0.5) is 0 Å². The van der Waals surface area contributed by atoms with Crippen molar-refractivity contribution in [2.24, 2.45) is 0 Å². The largest absolute Gasteiger partial charge is 0.145 e. The quantitative estimate of drug-likeness (QED) is 0.400. The van der Waals surface area contributed by atoms with Crippen molar-refractivity contribution in [3.63, 3.8) is 0 Å². The minimum absolute atomic E-state index is 0.724. The zero-order chi connectivity index (χ0) is 14.0. The molecular weight excluding hydrogens is 267 g/mol. The molecule has 0 nitrogen and oxygen atoms in total. The van der Waals surface area contributed by atoms with Gasteiger partial charge in [0, 0.05) is 12.1 Å². The summed E-state index contributed by atoms with van der Waals surface area (Å²) in [5.74, 6) is 0. The standard InChI is InChI=1S/C17H32PS/c1-4-7-12-18(13-8-5-2,14-9-6-3)16-17-11-10-15-19-17/h10-11,15H,4-9,12-14,16H2,1-3H3/q+1. The molecule has 2 heteroatoms. The van der Waals surface area contributed by atoms with Crippen molar-refractivity contribution in [3.8, 4) is 0 Å². The number of rotatable bonds is 11. The minimum atomic E-state index is -0.724. The van der Waals surface area contributed by atoms with Gasteiger partial charge in [-0.25, -0.2) is 0 Å². The summed E-state index contributed by atoms with van der Waals surface area (Å²) in [5, 5.41) is 2.25. The molecule has 0 aliphatic rings. The Morgan fingerprint density at radius 3 is 1.79 bits per heavy atom. The summed E-state index contributed by atoms with van der Waals surface area (Å²) in [4.78, 5) is 1.65. The van der Waals surface area contributed by atoms with Crippen LogP contribution in [0, 0.1) is 0 Å². The summed E-state index contributed by atoms with van der Waals surface area (Å²) in [6.07, 6.45) is 14.5. The first kappa shape index (κ1) is 17.2. The van der Waals surface area contributed by atoms with E-state index >= 15 is 0 Å². The second-order valence-electron chi connectivity index (χ2n) is 5.81. The SMILES string of the molecule is CCCC[P+](CCCC)(CCCC)Cc1cccs1. The molecular formula is C17H32PS+. The Balaban J connectivity index is 2.74. The third kappa shape index (κ3) is 6.41. The lowest BCUT2D eigenvalue weighted by Crippen LogP contribution is -2.11. The van der Waals surface area contributed by atoms with Gasteiger partial charge < -0.3 is 0 Å². The Hall–Kier alpha value is 0.130. The summed E-state index contributed by atoms with van der Waals surface area (Å²) < 4.78 is 0. The Labute approximate surface area is 125 Å². The van der Waals surface area contributed by atoms with Crippen molar-refractivity contribution in [1.29, 1.82) is 0 Å². The summed E-state index contributed by atoms with van der Waals surface area (Å²) in [6, 6.07) is 4.59. The van der Waals surface area contributed by atoms with Crippen molar-refractivity contribution in [2.75, 3.05) is 18.5 Å². The lowest BCUT2D eigenvalue weighted by Gasteiger charge is -2.27. The van der Waals surface area contributed by atoms with Crippen LogP contribution in [0.1, 0.15) is 64.2 Å². The first-order chi connectivity index (χ1) is 9.26. The smallest absolute Gasteiger partial charge is 0.0934 e. The van der Waals surface area contributed by atoms with E-state index in [0.29, 0.717) is 0 Å². The molecule has 1 aromatic heterocycles. The van der Waals surface area contributed by atoms with Gasteiger partial charge in [0.2, 0.25) is 0 Å². The van der Waals surface area contributed by atoms with Crippen LogP contribution >= 0.6 is 18.6 Å². The van der Waals surface area contributed by atoms with Gasteiger partial charge in [0.1, 0.15) is 0 Å². The fraction of sp³-hybridized carbons (Fsp3) is 0.765. The van der Waals surface area contributed by atoms with Crippen LogP contribution in [-0.4, -0.2) is 18.5 Å². The second kappa shape index (κ2) is 9.94. The monoisotopic (exact) mass is 299 g/mol. The van der Waals surface area contributed by atoms with Crippen molar-refractivity contribution in [3.05, 3.63) is 22.4 Å². The third-order valence-electron chi connectivity index (χ3n) is 4.03. The van der Waals surface area contributed by atoms with Crippen LogP contribution in [0.25, 0.3) is 0 Å². The van der Waals surface area contributed by atoms with Crippen molar-refractivity contribution in [2.45, 2.75) is 65.5 Å². The molecule has 0 saturated carbocycles. The molecule has 1 rings (SSSR count). The van der Waals surface area contributed by atoms with Gasteiger partial charge in [0.05, 0.1) is 24.6 Å². The number of hydrogen-bond donors (Lipinski definition) is 0. The molecule has 0 spiro atoms. The highest BCUT2D eigenvalue weighted by Gasteiger charge is 2.35. The maximum absolute atomic E-state index is 2.36. The molecule has 0 bridgehead atoms. The van der Waals surface area contributed by atoms with Crippen molar-refractivity contribution >= 4 is 18.6 Å². The normalized spacial score (nSPS) is 11.9. The van der Waals surface area contributed by atoms with Gasteiger partial charge >= 0.3 is 0 Å². The maximum atomic E-state index is 2.36. The Morgan fingerprint density at radius 2 is 1.42 bits per heavy atom. The van der Waals surface area contributed by atoms with E-state index in [4.69, 9.17) is 0 Å². The van der Waals surface area contributed by atoms with E-state index in [1.165, 1.54) is 44.7 Å².